The summed E-state index contributed by atoms with van der Waals surface area (Å²) in [5, 5.41) is 2.61. The van der Waals surface area contributed by atoms with E-state index >= 15 is 0 Å². The average molecular weight is 262 g/mol. The van der Waals surface area contributed by atoms with Crippen molar-refractivity contribution in [2.24, 2.45) is 7.05 Å². The molecule has 0 radical (unpaired) electrons. The van der Waals surface area contributed by atoms with E-state index in [0.717, 1.165) is 6.42 Å². The number of fused-ring (bicyclic) bond motifs is 1. The fourth-order valence-corrected chi connectivity index (χ4v) is 2.74. The Balaban J connectivity index is 2.25. The summed E-state index contributed by atoms with van der Waals surface area (Å²) >= 11 is 0. The second kappa shape index (κ2) is 5.09. The van der Waals surface area contributed by atoms with Crippen molar-refractivity contribution in [3.8, 4) is 11.3 Å². The monoisotopic (exact) mass is 262 g/mol. The summed E-state index contributed by atoms with van der Waals surface area (Å²) in [5.41, 5.74) is 5.28. The minimum Gasteiger partial charge on any atom is -0.200 e. The Kier molecular flexibility index (Phi) is 3.27. The van der Waals surface area contributed by atoms with Crippen LogP contribution in [-0.2, 0) is 13.5 Å². The van der Waals surface area contributed by atoms with Crippen LogP contribution in [0.4, 0.5) is 0 Å². The SMILES string of the molecule is CCc1ccc2c[n+](C)c(-c3ccccc3C)cc2c1. The third-order valence-electron chi connectivity index (χ3n) is 3.99. The minimum absolute atomic E-state index is 1.08. The quantitative estimate of drug-likeness (QED) is 0.609. The maximum atomic E-state index is 2.30. The molecule has 1 aromatic heterocycles. The number of nitrogens with zero attached hydrogens (tertiary/aromatic N) is 1. The van der Waals surface area contributed by atoms with E-state index in [0.29, 0.717) is 0 Å². The van der Waals surface area contributed by atoms with Gasteiger partial charge in [0.1, 0.15) is 7.05 Å². The van der Waals surface area contributed by atoms with Crippen LogP contribution in [0.3, 0.4) is 0 Å². The third-order valence-corrected chi connectivity index (χ3v) is 3.99. The predicted octanol–water partition coefficient (Wildman–Crippen LogP) is 4.20. The Labute approximate surface area is 120 Å². The Morgan fingerprint density at radius 2 is 1.75 bits per heavy atom. The number of aromatic nitrogens is 1. The predicted molar refractivity (Wildman–Crippen MR) is 84.7 cm³/mol. The van der Waals surface area contributed by atoms with Crippen LogP contribution in [0.2, 0.25) is 0 Å². The molecule has 20 heavy (non-hydrogen) atoms. The van der Waals surface area contributed by atoms with Gasteiger partial charge >= 0.3 is 0 Å². The second-order valence-corrected chi connectivity index (χ2v) is 5.40. The first-order valence-electron chi connectivity index (χ1n) is 7.17. The number of benzene rings is 2. The fourth-order valence-electron chi connectivity index (χ4n) is 2.74. The molecule has 1 heterocycles. The van der Waals surface area contributed by atoms with Gasteiger partial charge in [0.25, 0.3) is 0 Å². The van der Waals surface area contributed by atoms with Crippen LogP contribution >= 0.6 is 0 Å². The van der Waals surface area contributed by atoms with Crippen LogP contribution in [-0.4, -0.2) is 0 Å². The molecule has 0 aliphatic rings. The Hall–Kier alpha value is -2.15. The third kappa shape index (κ3) is 2.20. The van der Waals surface area contributed by atoms with Crippen LogP contribution in [0, 0.1) is 6.92 Å². The van der Waals surface area contributed by atoms with Crippen molar-refractivity contribution in [1.82, 2.24) is 0 Å². The zero-order valence-electron chi connectivity index (χ0n) is 12.4. The molecule has 0 aliphatic heterocycles. The van der Waals surface area contributed by atoms with Gasteiger partial charge < -0.3 is 0 Å². The summed E-state index contributed by atoms with van der Waals surface area (Å²) in [7, 11) is 2.12. The molecule has 3 rings (SSSR count). The van der Waals surface area contributed by atoms with Gasteiger partial charge in [0.15, 0.2) is 6.20 Å². The maximum absolute atomic E-state index is 2.30. The Morgan fingerprint density at radius 1 is 0.950 bits per heavy atom. The van der Waals surface area contributed by atoms with Crippen LogP contribution in [0.1, 0.15) is 18.1 Å². The normalized spacial score (nSPS) is 10.9. The first kappa shape index (κ1) is 12.9. The van der Waals surface area contributed by atoms with E-state index in [9.17, 15) is 0 Å². The van der Waals surface area contributed by atoms with E-state index in [2.05, 4.69) is 80.2 Å². The molecule has 1 nitrogen and oxygen atoms in total. The molecule has 0 spiro atoms. The van der Waals surface area contributed by atoms with Gasteiger partial charge in [-0.3, -0.25) is 0 Å². The highest BCUT2D eigenvalue weighted by molar-refractivity contribution is 5.84. The summed E-state index contributed by atoms with van der Waals surface area (Å²) in [5.74, 6) is 0. The lowest BCUT2D eigenvalue weighted by Crippen LogP contribution is -2.30. The number of hydrogen-bond acceptors (Lipinski definition) is 0. The van der Waals surface area contributed by atoms with Crippen LogP contribution in [0.5, 0.6) is 0 Å². The highest BCUT2D eigenvalue weighted by Crippen LogP contribution is 2.24. The largest absolute Gasteiger partial charge is 0.213 e. The smallest absolute Gasteiger partial charge is 0.200 e. The van der Waals surface area contributed by atoms with Gasteiger partial charge in [-0.05, 0) is 42.0 Å². The van der Waals surface area contributed by atoms with Crippen molar-refractivity contribution in [3.05, 3.63) is 65.9 Å². The molecule has 0 atom stereocenters. The van der Waals surface area contributed by atoms with Crippen LogP contribution in [0.25, 0.3) is 22.0 Å². The number of aryl methyl sites for hydroxylation is 3. The van der Waals surface area contributed by atoms with Crippen molar-refractivity contribution in [2.45, 2.75) is 20.3 Å². The molecule has 0 unspecified atom stereocenters. The molecule has 0 amide bonds. The van der Waals surface area contributed by atoms with Gasteiger partial charge in [0.05, 0.1) is 0 Å². The fraction of sp³-hybridized carbons (Fsp3) is 0.211. The highest BCUT2D eigenvalue weighted by Gasteiger charge is 2.13. The molecule has 0 saturated heterocycles. The topological polar surface area (TPSA) is 3.88 Å². The lowest BCUT2D eigenvalue weighted by Gasteiger charge is -2.06. The van der Waals surface area contributed by atoms with E-state index in [1.54, 1.807) is 0 Å². The first-order chi connectivity index (χ1) is 9.69. The molecular formula is C19H20N+. The lowest BCUT2D eigenvalue weighted by atomic mass is 10.0. The van der Waals surface area contributed by atoms with E-state index in [1.165, 1.54) is 33.2 Å². The molecular weight excluding hydrogens is 242 g/mol. The summed E-state index contributed by atoms with van der Waals surface area (Å²) in [4.78, 5) is 0. The summed E-state index contributed by atoms with van der Waals surface area (Å²) in [6.45, 7) is 4.37. The Bertz CT molecular complexity index is 772. The van der Waals surface area contributed by atoms with Gasteiger partial charge in [-0.2, -0.15) is 0 Å². The van der Waals surface area contributed by atoms with Gasteiger partial charge in [0, 0.05) is 17.0 Å². The molecule has 3 aromatic rings. The van der Waals surface area contributed by atoms with Gasteiger partial charge in [-0.15, -0.1) is 0 Å². The van der Waals surface area contributed by atoms with Gasteiger partial charge in [0.2, 0.25) is 5.69 Å². The summed E-state index contributed by atoms with van der Waals surface area (Å²) in [6, 6.07) is 17.6. The molecule has 0 aliphatic carbocycles. The van der Waals surface area contributed by atoms with E-state index in [4.69, 9.17) is 0 Å². The molecule has 100 valence electrons. The molecule has 0 fully saturated rings. The van der Waals surface area contributed by atoms with Gasteiger partial charge in [-0.25, -0.2) is 4.57 Å². The van der Waals surface area contributed by atoms with Crippen molar-refractivity contribution in [1.29, 1.82) is 0 Å². The maximum Gasteiger partial charge on any atom is 0.213 e. The Morgan fingerprint density at radius 3 is 2.50 bits per heavy atom. The molecule has 1 heteroatoms. The molecule has 0 N–H and O–H groups in total. The van der Waals surface area contributed by atoms with E-state index in [1.807, 2.05) is 0 Å². The average Bonchev–Trinajstić information content (AvgIpc) is 2.47. The number of rotatable bonds is 2. The zero-order valence-corrected chi connectivity index (χ0v) is 12.4. The molecule has 2 aromatic carbocycles. The summed E-state index contributed by atoms with van der Waals surface area (Å²) in [6.07, 6.45) is 3.30. The lowest BCUT2D eigenvalue weighted by molar-refractivity contribution is -0.659. The van der Waals surface area contributed by atoms with Crippen LogP contribution < -0.4 is 4.57 Å². The second-order valence-electron chi connectivity index (χ2n) is 5.40. The van der Waals surface area contributed by atoms with Crippen molar-refractivity contribution >= 4 is 10.8 Å². The zero-order chi connectivity index (χ0) is 14.1. The number of pyridine rings is 1. The molecule has 0 bridgehead atoms. The van der Waals surface area contributed by atoms with E-state index < -0.39 is 0 Å². The van der Waals surface area contributed by atoms with Crippen molar-refractivity contribution in [3.63, 3.8) is 0 Å². The first-order valence-corrected chi connectivity index (χ1v) is 7.17. The van der Waals surface area contributed by atoms with E-state index in [-0.39, 0.29) is 0 Å². The number of hydrogen-bond donors (Lipinski definition) is 0. The highest BCUT2D eigenvalue weighted by atomic mass is 14.9. The minimum atomic E-state index is 1.08. The van der Waals surface area contributed by atoms with Crippen molar-refractivity contribution in [2.75, 3.05) is 0 Å². The summed E-state index contributed by atoms with van der Waals surface area (Å²) < 4.78 is 2.22. The van der Waals surface area contributed by atoms with Crippen LogP contribution in [0.15, 0.2) is 54.7 Å². The standard InChI is InChI=1S/C19H20N/c1-4-15-9-10-16-13-20(3)19(12-17(16)11-15)18-8-6-5-7-14(18)2/h5-13H,4H2,1-3H3/q+1. The van der Waals surface area contributed by atoms with Gasteiger partial charge in [-0.1, -0.05) is 37.3 Å². The van der Waals surface area contributed by atoms with Crippen molar-refractivity contribution < 1.29 is 4.57 Å². The molecule has 0 saturated carbocycles.